The number of benzene rings is 2. The van der Waals surface area contributed by atoms with Crippen LogP contribution in [0.3, 0.4) is 0 Å². The second-order valence-corrected chi connectivity index (χ2v) is 5.17. The Morgan fingerprint density at radius 2 is 1.86 bits per heavy atom. The maximum Gasteiger partial charge on any atom is 0.252 e. The summed E-state index contributed by atoms with van der Waals surface area (Å²) < 4.78 is 5.98. The van der Waals surface area contributed by atoms with E-state index in [4.69, 9.17) is 16.2 Å². The molecule has 0 heterocycles. The van der Waals surface area contributed by atoms with Gasteiger partial charge in [0.15, 0.2) is 0 Å². The van der Waals surface area contributed by atoms with Crippen LogP contribution in [0.5, 0.6) is 5.75 Å². The molecule has 0 fully saturated rings. The molecule has 2 rings (SSSR count). The van der Waals surface area contributed by atoms with Crippen LogP contribution in [0.4, 0.5) is 0 Å². The van der Waals surface area contributed by atoms with Gasteiger partial charge in [-0.2, -0.15) is 0 Å². The van der Waals surface area contributed by atoms with Crippen LogP contribution in [0.15, 0.2) is 48.5 Å². The minimum atomic E-state index is -0.515. The fourth-order valence-corrected chi connectivity index (χ4v) is 2.24. The highest BCUT2D eigenvalue weighted by molar-refractivity contribution is 5.95. The van der Waals surface area contributed by atoms with Gasteiger partial charge in [0.1, 0.15) is 11.9 Å². The minimum absolute atomic E-state index is 0.229. The Hall–Kier alpha value is -2.33. The van der Waals surface area contributed by atoms with Crippen molar-refractivity contribution >= 4 is 5.91 Å². The Morgan fingerprint density at radius 1 is 1.14 bits per heavy atom. The summed E-state index contributed by atoms with van der Waals surface area (Å²) in [5, 5.41) is 0. The van der Waals surface area contributed by atoms with Crippen LogP contribution in [-0.4, -0.2) is 11.9 Å². The predicted molar refractivity (Wildman–Crippen MR) is 83.2 cm³/mol. The molecule has 0 saturated carbocycles. The van der Waals surface area contributed by atoms with E-state index < -0.39 is 5.91 Å². The normalized spacial score (nSPS) is 13.5. The number of ether oxygens (including phenoxy) is 1. The van der Waals surface area contributed by atoms with Crippen LogP contribution in [0.25, 0.3) is 0 Å². The zero-order valence-corrected chi connectivity index (χ0v) is 12.2. The summed E-state index contributed by atoms with van der Waals surface area (Å²) in [4.78, 5) is 11.5. The molecule has 4 N–H and O–H groups in total. The van der Waals surface area contributed by atoms with E-state index >= 15 is 0 Å². The summed E-state index contributed by atoms with van der Waals surface area (Å²) >= 11 is 0. The molecule has 0 aromatic heterocycles. The van der Waals surface area contributed by atoms with Gasteiger partial charge in [-0.1, -0.05) is 42.0 Å². The number of carbonyl (C=O) groups is 1. The quantitative estimate of drug-likeness (QED) is 0.885. The molecule has 0 saturated heterocycles. The molecular formula is C17H20N2O2. The monoisotopic (exact) mass is 284 g/mol. The van der Waals surface area contributed by atoms with Crippen LogP contribution in [0.2, 0.25) is 0 Å². The fourth-order valence-electron chi connectivity index (χ4n) is 2.24. The van der Waals surface area contributed by atoms with Crippen molar-refractivity contribution in [3.05, 3.63) is 65.2 Å². The molecule has 1 amide bonds. The summed E-state index contributed by atoms with van der Waals surface area (Å²) in [7, 11) is 0. The topological polar surface area (TPSA) is 78.3 Å². The number of primary amides is 1. The van der Waals surface area contributed by atoms with E-state index in [-0.39, 0.29) is 12.1 Å². The number of amides is 1. The zero-order valence-electron chi connectivity index (χ0n) is 12.2. The molecule has 2 aromatic carbocycles. The highest BCUT2D eigenvalue weighted by atomic mass is 16.5. The van der Waals surface area contributed by atoms with Crippen molar-refractivity contribution in [2.75, 3.05) is 0 Å². The SMILES string of the molecule is Cc1cccc(C(Oc2ccccc2C(N)=O)C(C)N)c1. The Bertz CT molecular complexity index is 638. The van der Waals surface area contributed by atoms with Gasteiger partial charge in [-0.15, -0.1) is 0 Å². The third-order valence-electron chi connectivity index (χ3n) is 3.25. The number of hydrogen-bond donors (Lipinski definition) is 2. The molecule has 0 bridgehead atoms. The summed E-state index contributed by atoms with van der Waals surface area (Å²) in [6.45, 7) is 3.89. The number of para-hydroxylation sites is 1. The second-order valence-electron chi connectivity index (χ2n) is 5.17. The fraction of sp³-hybridized carbons (Fsp3) is 0.235. The van der Waals surface area contributed by atoms with Crippen LogP contribution >= 0.6 is 0 Å². The van der Waals surface area contributed by atoms with Crippen molar-refractivity contribution in [3.63, 3.8) is 0 Å². The van der Waals surface area contributed by atoms with E-state index in [0.717, 1.165) is 11.1 Å². The highest BCUT2D eigenvalue weighted by Crippen LogP contribution is 2.27. The average molecular weight is 284 g/mol. The molecule has 0 aliphatic heterocycles. The lowest BCUT2D eigenvalue weighted by Crippen LogP contribution is -2.29. The molecule has 0 radical (unpaired) electrons. The van der Waals surface area contributed by atoms with Crippen molar-refractivity contribution in [2.24, 2.45) is 11.5 Å². The summed E-state index contributed by atoms with van der Waals surface area (Å²) in [6.07, 6.45) is -0.342. The van der Waals surface area contributed by atoms with E-state index in [0.29, 0.717) is 11.3 Å². The van der Waals surface area contributed by atoms with Gasteiger partial charge in [0, 0.05) is 6.04 Å². The smallest absolute Gasteiger partial charge is 0.252 e. The molecule has 0 aliphatic carbocycles. The van der Waals surface area contributed by atoms with Gasteiger partial charge in [-0.05, 0) is 31.5 Å². The summed E-state index contributed by atoms with van der Waals surface area (Å²) in [6, 6.07) is 14.7. The molecule has 21 heavy (non-hydrogen) atoms. The van der Waals surface area contributed by atoms with Crippen LogP contribution in [0, 0.1) is 6.92 Å². The lowest BCUT2D eigenvalue weighted by atomic mass is 10.0. The van der Waals surface area contributed by atoms with Gasteiger partial charge < -0.3 is 16.2 Å². The average Bonchev–Trinajstić information content (AvgIpc) is 2.44. The first-order valence-electron chi connectivity index (χ1n) is 6.86. The Balaban J connectivity index is 2.36. The number of nitrogens with two attached hydrogens (primary N) is 2. The van der Waals surface area contributed by atoms with Crippen molar-refractivity contribution < 1.29 is 9.53 Å². The highest BCUT2D eigenvalue weighted by Gasteiger charge is 2.20. The molecule has 2 unspecified atom stereocenters. The van der Waals surface area contributed by atoms with Gasteiger partial charge in [0.05, 0.1) is 5.56 Å². The van der Waals surface area contributed by atoms with Crippen LogP contribution in [0.1, 0.15) is 34.5 Å². The molecular weight excluding hydrogens is 264 g/mol. The molecule has 0 aliphatic rings. The van der Waals surface area contributed by atoms with Gasteiger partial charge in [0.25, 0.3) is 5.91 Å². The molecule has 2 atom stereocenters. The van der Waals surface area contributed by atoms with Crippen molar-refractivity contribution in [1.82, 2.24) is 0 Å². The molecule has 2 aromatic rings. The maximum absolute atomic E-state index is 11.5. The van der Waals surface area contributed by atoms with Crippen molar-refractivity contribution in [3.8, 4) is 5.75 Å². The van der Waals surface area contributed by atoms with E-state index in [1.54, 1.807) is 24.3 Å². The maximum atomic E-state index is 11.5. The molecule has 110 valence electrons. The third kappa shape index (κ3) is 3.61. The van der Waals surface area contributed by atoms with Crippen molar-refractivity contribution in [2.45, 2.75) is 26.0 Å². The van der Waals surface area contributed by atoms with Gasteiger partial charge in [-0.25, -0.2) is 0 Å². The van der Waals surface area contributed by atoms with E-state index in [1.165, 1.54) is 0 Å². The predicted octanol–water partition coefficient (Wildman–Crippen LogP) is 2.56. The van der Waals surface area contributed by atoms with Gasteiger partial charge in [0.2, 0.25) is 0 Å². The zero-order chi connectivity index (χ0) is 15.4. The van der Waals surface area contributed by atoms with Crippen LogP contribution in [-0.2, 0) is 0 Å². The minimum Gasteiger partial charge on any atom is -0.483 e. The first kappa shape index (κ1) is 15.1. The molecule has 0 spiro atoms. The first-order valence-corrected chi connectivity index (χ1v) is 6.86. The molecule has 4 heteroatoms. The van der Waals surface area contributed by atoms with Gasteiger partial charge >= 0.3 is 0 Å². The van der Waals surface area contributed by atoms with Crippen LogP contribution < -0.4 is 16.2 Å². The van der Waals surface area contributed by atoms with Gasteiger partial charge in [-0.3, -0.25) is 4.79 Å². The first-order chi connectivity index (χ1) is 9.99. The largest absolute Gasteiger partial charge is 0.483 e. The summed E-state index contributed by atoms with van der Waals surface area (Å²) in [5.74, 6) is -0.0629. The number of rotatable bonds is 5. The Kier molecular flexibility index (Phi) is 4.60. The second kappa shape index (κ2) is 6.41. The number of hydrogen-bond acceptors (Lipinski definition) is 3. The Morgan fingerprint density at radius 3 is 2.48 bits per heavy atom. The number of aryl methyl sites for hydroxylation is 1. The van der Waals surface area contributed by atoms with E-state index in [2.05, 4.69) is 0 Å². The number of carbonyl (C=O) groups excluding carboxylic acids is 1. The third-order valence-corrected chi connectivity index (χ3v) is 3.25. The van der Waals surface area contributed by atoms with E-state index in [1.807, 2.05) is 38.1 Å². The Labute approximate surface area is 124 Å². The lowest BCUT2D eigenvalue weighted by Gasteiger charge is -2.24. The van der Waals surface area contributed by atoms with E-state index in [9.17, 15) is 4.79 Å². The molecule has 4 nitrogen and oxygen atoms in total. The lowest BCUT2D eigenvalue weighted by molar-refractivity contribution is 0.0990. The van der Waals surface area contributed by atoms with Crippen molar-refractivity contribution in [1.29, 1.82) is 0 Å². The summed E-state index contributed by atoms with van der Waals surface area (Å²) in [5.41, 5.74) is 13.9. The standard InChI is InChI=1S/C17H20N2O2/c1-11-6-5-7-13(10-11)16(12(2)18)21-15-9-4-3-8-14(15)17(19)20/h3-10,12,16H,18H2,1-2H3,(H2,19,20).